The number of nitrogens with zero attached hydrogens (tertiary/aromatic N) is 1. The van der Waals surface area contributed by atoms with Crippen molar-refractivity contribution in [2.24, 2.45) is 0 Å². The van der Waals surface area contributed by atoms with Crippen LogP contribution in [-0.2, 0) is 6.18 Å². The van der Waals surface area contributed by atoms with Crippen molar-refractivity contribution in [2.45, 2.75) is 19.3 Å². The highest BCUT2D eigenvalue weighted by atomic mass is 35.5. The summed E-state index contributed by atoms with van der Waals surface area (Å²) in [6.45, 7) is -0.0503. The van der Waals surface area contributed by atoms with E-state index in [9.17, 15) is 31.1 Å². The van der Waals surface area contributed by atoms with Gasteiger partial charge in [-0.3, -0.25) is 4.79 Å². The molecule has 0 aliphatic rings. The van der Waals surface area contributed by atoms with E-state index in [0.29, 0.717) is 10.9 Å². The molecule has 2 heterocycles. The van der Waals surface area contributed by atoms with Gasteiger partial charge >= 0.3 is 12.4 Å². The van der Waals surface area contributed by atoms with E-state index in [1.807, 2.05) is 0 Å². The number of hydrogen-bond acceptors (Lipinski definition) is 4. The fourth-order valence-corrected chi connectivity index (χ4v) is 3.79. The Balaban J connectivity index is 1.92. The molecule has 3 rings (SSSR count). The second-order valence-corrected chi connectivity index (χ2v) is 7.54. The van der Waals surface area contributed by atoms with E-state index in [1.165, 1.54) is 31.2 Å². The van der Waals surface area contributed by atoms with Gasteiger partial charge < -0.3 is 10.1 Å². The van der Waals surface area contributed by atoms with Crippen molar-refractivity contribution >= 4 is 44.7 Å². The molecular formula is C18H11ClF6N2O2S. The van der Waals surface area contributed by atoms with Gasteiger partial charge in [0.05, 0.1) is 10.6 Å². The average Bonchev–Trinajstić information content (AvgIpc) is 2.96. The molecule has 0 saturated heterocycles. The van der Waals surface area contributed by atoms with Crippen LogP contribution in [0.4, 0.5) is 32.0 Å². The van der Waals surface area contributed by atoms with Gasteiger partial charge in [-0.25, -0.2) is 4.98 Å². The molecule has 0 aliphatic heterocycles. The molecule has 0 unspecified atom stereocenters. The number of thiophene rings is 1. The number of hydrogen-bond donors (Lipinski definition) is 1. The summed E-state index contributed by atoms with van der Waals surface area (Å²) in [5.41, 5.74) is -0.827. The minimum Gasteiger partial charge on any atom is -0.482 e. The number of halogens is 7. The molecule has 0 bridgehead atoms. The van der Waals surface area contributed by atoms with Crippen LogP contribution in [0.25, 0.3) is 10.2 Å². The molecule has 0 spiro atoms. The Kier molecular flexibility index (Phi) is 5.87. The lowest BCUT2D eigenvalue weighted by Crippen LogP contribution is -2.20. The van der Waals surface area contributed by atoms with Crippen LogP contribution < -0.4 is 10.1 Å². The third-order valence-corrected chi connectivity index (χ3v) is 5.32. The Morgan fingerprint density at radius 1 is 1.17 bits per heavy atom. The number of carbonyl (C=O) groups excluding carboxylic acids is 1. The predicted octanol–water partition coefficient (Wildman–Crippen LogP) is 6.47. The number of fused-ring (bicyclic) bond motifs is 1. The first kappa shape index (κ1) is 22.2. The fourth-order valence-electron chi connectivity index (χ4n) is 2.54. The lowest BCUT2D eigenvalue weighted by atomic mass is 10.1. The van der Waals surface area contributed by atoms with Crippen molar-refractivity contribution in [1.29, 1.82) is 0 Å². The Bertz CT molecular complexity index is 1110. The first-order valence-electron chi connectivity index (χ1n) is 8.13. The van der Waals surface area contributed by atoms with Gasteiger partial charge in [0.1, 0.15) is 16.3 Å². The van der Waals surface area contributed by atoms with E-state index in [2.05, 4.69) is 10.3 Å². The molecule has 0 atom stereocenters. The summed E-state index contributed by atoms with van der Waals surface area (Å²) in [6, 6.07) is 5.68. The van der Waals surface area contributed by atoms with Crippen molar-refractivity contribution in [3.8, 4) is 5.75 Å². The first-order valence-corrected chi connectivity index (χ1v) is 9.32. The third kappa shape index (κ3) is 4.96. The van der Waals surface area contributed by atoms with E-state index in [0.717, 1.165) is 17.4 Å². The highest BCUT2D eigenvalue weighted by molar-refractivity contribution is 7.20. The second-order valence-electron chi connectivity index (χ2n) is 6.10. The smallest absolute Gasteiger partial charge is 0.433 e. The molecule has 4 nitrogen and oxygen atoms in total. The Morgan fingerprint density at radius 2 is 1.87 bits per heavy atom. The van der Waals surface area contributed by atoms with E-state index in [4.69, 9.17) is 16.3 Å². The Labute approximate surface area is 174 Å². The van der Waals surface area contributed by atoms with E-state index in [1.54, 1.807) is 0 Å². The number of pyridine rings is 1. The minimum atomic E-state index is -4.64. The number of carbonyl (C=O) groups is 1. The second kappa shape index (κ2) is 7.95. The van der Waals surface area contributed by atoms with Crippen molar-refractivity contribution in [3.63, 3.8) is 0 Å². The molecular weight excluding hydrogens is 458 g/mol. The number of aryl methyl sites for hydroxylation is 1. The van der Waals surface area contributed by atoms with Gasteiger partial charge in [-0.2, -0.15) is 26.3 Å². The van der Waals surface area contributed by atoms with Crippen molar-refractivity contribution in [3.05, 3.63) is 51.5 Å². The summed E-state index contributed by atoms with van der Waals surface area (Å²) >= 11 is 6.58. The monoisotopic (exact) mass is 468 g/mol. The molecule has 1 N–H and O–H groups in total. The van der Waals surface area contributed by atoms with Gasteiger partial charge in [0, 0.05) is 10.4 Å². The number of amides is 1. The summed E-state index contributed by atoms with van der Waals surface area (Å²) < 4.78 is 80.6. The zero-order valence-corrected chi connectivity index (χ0v) is 16.5. The van der Waals surface area contributed by atoms with Crippen molar-refractivity contribution < 1.29 is 35.9 Å². The Morgan fingerprint density at radius 3 is 2.50 bits per heavy atom. The quantitative estimate of drug-likeness (QED) is 0.446. The molecule has 1 amide bonds. The van der Waals surface area contributed by atoms with Crippen molar-refractivity contribution in [2.75, 3.05) is 11.9 Å². The molecule has 0 aliphatic carbocycles. The summed E-state index contributed by atoms with van der Waals surface area (Å²) in [5.74, 6) is -1.01. The molecule has 160 valence electrons. The number of nitrogens with one attached hydrogen (secondary N) is 1. The van der Waals surface area contributed by atoms with Crippen LogP contribution in [0.1, 0.15) is 20.9 Å². The highest BCUT2D eigenvalue weighted by Crippen LogP contribution is 2.35. The lowest BCUT2D eigenvalue weighted by Gasteiger charge is -2.14. The van der Waals surface area contributed by atoms with Gasteiger partial charge in [-0.15, -0.1) is 11.3 Å². The zero-order chi connectivity index (χ0) is 22.3. The molecule has 3 aromatic rings. The maximum Gasteiger partial charge on any atom is 0.433 e. The number of alkyl halides is 6. The average molecular weight is 469 g/mol. The minimum absolute atomic E-state index is 0.00659. The summed E-state index contributed by atoms with van der Waals surface area (Å²) in [6.07, 6.45) is -9.23. The highest BCUT2D eigenvalue weighted by Gasteiger charge is 2.33. The molecule has 1 aromatic carbocycles. The van der Waals surface area contributed by atoms with E-state index >= 15 is 0 Å². The zero-order valence-electron chi connectivity index (χ0n) is 14.9. The van der Waals surface area contributed by atoms with Gasteiger partial charge in [0.2, 0.25) is 0 Å². The maximum absolute atomic E-state index is 12.9. The number of benzene rings is 1. The fraction of sp³-hybridized carbons (Fsp3) is 0.222. The van der Waals surface area contributed by atoms with Gasteiger partial charge in [0.25, 0.3) is 5.91 Å². The summed E-state index contributed by atoms with van der Waals surface area (Å²) in [4.78, 5) is 16.3. The van der Waals surface area contributed by atoms with Crippen LogP contribution in [0.3, 0.4) is 0 Å². The van der Waals surface area contributed by atoms with E-state index < -0.39 is 30.6 Å². The summed E-state index contributed by atoms with van der Waals surface area (Å²) in [7, 11) is 0. The molecule has 12 heteroatoms. The number of ether oxygens (including phenoxy) is 1. The van der Waals surface area contributed by atoms with Crippen LogP contribution >= 0.6 is 22.9 Å². The molecule has 0 saturated carbocycles. The van der Waals surface area contributed by atoms with Crippen LogP contribution in [0.15, 0.2) is 30.3 Å². The van der Waals surface area contributed by atoms with Crippen LogP contribution in [0, 0.1) is 6.92 Å². The molecule has 30 heavy (non-hydrogen) atoms. The first-order chi connectivity index (χ1) is 13.8. The van der Waals surface area contributed by atoms with Gasteiger partial charge in [0.15, 0.2) is 6.61 Å². The summed E-state index contributed by atoms with van der Waals surface area (Å²) in [5, 5.41) is 2.89. The van der Waals surface area contributed by atoms with Gasteiger partial charge in [-0.1, -0.05) is 11.6 Å². The van der Waals surface area contributed by atoms with Crippen LogP contribution in [0.2, 0.25) is 5.02 Å². The molecule has 0 fully saturated rings. The molecule has 2 aromatic heterocycles. The predicted molar refractivity (Wildman–Crippen MR) is 100 cm³/mol. The van der Waals surface area contributed by atoms with E-state index in [-0.39, 0.29) is 26.2 Å². The third-order valence-electron chi connectivity index (χ3n) is 3.88. The number of aromatic nitrogens is 1. The molecule has 0 radical (unpaired) electrons. The maximum atomic E-state index is 12.9. The van der Waals surface area contributed by atoms with Crippen molar-refractivity contribution in [1.82, 2.24) is 4.98 Å². The van der Waals surface area contributed by atoms with Gasteiger partial charge in [-0.05, 0) is 42.8 Å². The van der Waals surface area contributed by atoms with Crippen LogP contribution in [-0.4, -0.2) is 23.7 Å². The van der Waals surface area contributed by atoms with Crippen LogP contribution in [0.5, 0.6) is 5.75 Å². The normalized spacial score (nSPS) is 12.3. The lowest BCUT2D eigenvalue weighted by molar-refractivity contribution is -0.153. The Hall–Kier alpha value is -2.53. The number of anilines is 1. The SMILES string of the molecule is Cc1c(C(=O)Nc2cc(Cl)ccc2OCC(F)(F)F)sc2nc(C(F)(F)F)ccc12. The number of rotatable bonds is 4. The largest absolute Gasteiger partial charge is 0.482 e. The standard InChI is InChI=1S/C18H11ClF6N2O2S/c1-8-10-3-5-13(18(23,24)25)27-16(10)30-14(8)15(28)26-11-6-9(19)2-4-12(11)29-7-17(20,21)22/h2-6H,7H2,1H3,(H,26,28). The topological polar surface area (TPSA) is 51.2 Å².